The monoisotopic (exact) mass is 317 g/mol. The summed E-state index contributed by atoms with van der Waals surface area (Å²) >= 11 is 6.19. The van der Waals surface area contributed by atoms with E-state index in [0.717, 1.165) is 30.5 Å². The molecule has 7 heteroatoms. The topological polar surface area (TPSA) is 43.8 Å². The minimum absolute atomic E-state index is 0.333. The lowest BCUT2D eigenvalue weighted by Gasteiger charge is -2.08. The standard InChI is InChI=1S/C14H15ClF3N3/c15-13-11(2-1-7-19)8-20-21(13)9-10-3-5-12(6-4-10)14(16,17)18/h3-6,8H,1-2,7,9,19H2. The minimum atomic E-state index is -4.32. The number of hydrogen-bond donors (Lipinski definition) is 1. The molecule has 1 aromatic heterocycles. The van der Waals surface area contributed by atoms with Crippen molar-refractivity contribution in [3.8, 4) is 0 Å². The van der Waals surface area contributed by atoms with E-state index in [9.17, 15) is 13.2 Å². The average molecular weight is 318 g/mol. The third-order valence-corrected chi connectivity index (χ3v) is 3.55. The summed E-state index contributed by atoms with van der Waals surface area (Å²) in [6, 6.07) is 4.98. The number of nitrogens with two attached hydrogens (primary N) is 1. The van der Waals surface area contributed by atoms with Gasteiger partial charge in [0.2, 0.25) is 0 Å². The molecule has 0 radical (unpaired) electrons. The first kappa shape index (κ1) is 15.9. The van der Waals surface area contributed by atoms with E-state index in [0.29, 0.717) is 23.8 Å². The lowest BCUT2D eigenvalue weighted by atomic mass is 10.1. The molecule has 114 valence electrons. The van der Waals surface area contributed by atoms with Crippen molar-refractivity contribution in [3.05, 3.63) is 52.3 Å². The third kappa shape index (κ3) is 3.98. The highest BCUT2D eigenvalue weighted by Gasteiger charge is 2.29. The maximum absolute atomic E-state index is 12.5. The SMILES string of the molecule is NCCCc1cnn(Cc2ccc(C(F)(F)F)cc2)c1Cl. The van der Waals surface area contributed by atoms with Gasteiger partial charge in [0.15, 0.2) is 0 Å². The van der Waals surface area contributed by atoms with Crippen LogP contribution in [-0.2, 0) is 19.1 Å². The quantitative estimate of drug-likeness (QED) is 0.917. The Morgan fingerprint density at radius 2 is 1.86 bits per heavy atom. The molecule has 0 aliphatic heterocycles. The predicted molar refractivity (Wildman–Crippen MR) is 75.2 cm³/mol. The fourth-order valence-electron chi connectivity index (χ4n) is 1.95. The summed E-state index contributed by atoms with van der Waals surface area (Å²) in [5.41, 5.74) is 6.38. The first-order chi connectivity index (χ1) is 9.91. The van der Waals surface area contributed by atoms with Gasteiger partial charge in [-0.1, -0.05) is 23.7 Å². The second-order valence-electron chi connectivity index (χ2n) is 4.71. The number of hydrogen-bond acceptors (Lipinski definition) is 2. The first-order valence-electron chi connectivity index (χ1n) is 6.48. The lowest BCUT2D eigenvalue weighted by Crippen LogP contribution is -2.06. The fraction of sp³-hybridized carbons (Fsp3) is 0.357. The van der Waals surface area contributed by atoms with Gasteiger partial charge in [-0.2, -0.15) is 18.3 Å². The van der Waals surface area contributed by atoms with E-state index in [1.807, 2.05) is 0 Å². The number of aromatic nitrogens is 2. The van der Waals surface area contributed by atoms with Crippen LogP contribution in [0.4, 0.5) is 13.2 Å². The van der Waals surface area contributed by atoms with Crippen molar-refractivity contribution in [3.63, 3.8) is 0 Å². The molecule has 0 atom stereocenters. The number of nitrogens with zero attached hydrogens (tertiary/aromatic N) is 2. The molecule has 0 bridgehead atoms. The molecule has 3 nitrogen and oxygen atoms in total. The molecule has 2 rings (SSSR count). The van der Waals surface area contributed by atoms with Crippen LogP contribution in [0.15, 0.2) is 30.5 Å². The largest absolute Gasteiger partial charge is 0.416 e. The normalized spacial score (nSPS) is 11.9. The molecule has 2 N–H and O–H groups in total. The summed E-state index contributed by atoms with van der Waals surface area (Å²) in [6.45, 7) is 0.903. The Hall–Kier alpha value is -1.53. The van der Waals surface area contributed by atoms with Gasteiger partial charge in [-0.25, -0.2) is 4.68 Å². The van der Waals surface area contributed by atoms with Crippen molar-refractivity contribution in [2.24, 2.45) is 5.73 Å². The van der Waals surface area contributed by atoms with Crippen LogP contribution in [0, 0.1) is 0 Å². The lowest BCUT2D eigenvalue weighted by molar-refractivity contribution is -0.137. The van der Waals surface area contributed by atoms with E-state index in [4.69, 9.17) is 17.3 Å². The summed E-state index contributed by atoms with van der Waals surface area (Å²) in [7, 11) is 0. The van der Waals surface area contributed by atoms with E-state index in [-0.39, 0.29) is 0 Å². The van der Waals surface area contributed by atoms with Gasteiger partial charge >= 0.3 is 6.18 Å². The van der Waals surface area contributed by atoms with Gasteiger partial charge in [-0.3, -0.25) is 0 Å². The van der Waals surface area contributed by atoms with Crippen LogP contribution in [0.5, 0.6) is 0 Å². The highest BCUT2D eigenvalue weighted by atomic mass is 35.5. The van der Waals surface area contributed by atoms with Gasteiger partial charge in [-0.15, -0.1) is 0 Å². The van der Waals surface area contributed by atoms with Gasteiger partial charge in [0.1, 0.15) is 5.15 Å². The van der Waals surface area contributed by atoms with Crippen molar-refractivity contribution >= 4 is 11.6 Å². The Balaban J connectivity index is 2.10. The highest BCUT2D eigenvalue weighted by molar-refractivity contribution is 6.30. The maximum atomic E-state index is 12.5. The van der Waals surface area contributed by atoms with Gasteiger partial charge in [0, 0.05) is 5.56 Å². The smallest absolute Gasteiger partial charge is 0.330 e. The summed E-state index contributed by atoms with van der Waals surface area (Å²) in [5.74, 6) is 0. The zero-order valence-electron chi connectivity index (χ0n) is 11.2. The van der Waals surface area contributed by atoms with Crippen LogP contribution in [0.2, 0.25) is 5.15 Å². The fourth-order valence-corrected chi connectivity index (χ4v) is 2.20. The number of rotatable bonds is 5. The van der Waals surface area contributed by atoms with E-state index in [2.05, 4.69) is 5.10 Å². The molecule has 0 saturated carbocycles. The Bertz CT molecular complexity index is 591. The van der Waals surface area contributed by atoms with Gasteiger partial charge in [0.25, 0.3) is 0 Å². The summed E-state index contributed by atoms with van der Waals surface area (Å²) < 4.78 is 39.0. The van der Waals surface area contributed by atoms with Crippen molar-refractivity contribution in [2.45, 2.75) is 25.6 Å². The summed E-state index contributed by atoms with van der Waals surface area (Å²) in [4.78, 5) is 0. The molecule has 0 amide bonds. The maximum Gasteiger partial charge on any atom is 0.416 e. The molecule has 0 saturated heterocycles. The highest BCUT2D eigenvalue weighted by Crippen LogP contribution is 2.29. The summed E-state index contributed by atoms with van der Waals surface area (Å²) in [6.07, 6.45) is -1.10. The van der Waals surface area contributed by atoms with Crippen molar-refractivity contribution in [2.75, 3.05) is 6.54 Å². The molecule has 1 heterocycles. The van der Waals surface area contributed by atoms with Crippen molar-refractivity contribution < 1.29 is 13.2 Å². The zero-order chi connectivity index (χ0) is 15.5. The molecule has 0 aliphatic rings. The Morgan fingerprint density at radius 1 is 1.19 bits per heavy atom. The molecule has 0 fully saturated rings. The number of halogens is 4. The second-order valence-corrected chi connectivity index (χ2v) is 5.06. The van der Waals surface area contributed by atoms with Gasteiger partial charge in [0.05, 0.1) is 18.3 Å². The molecular formula is C14H15ClF3N3. The Labute approximate surface area is 125 Å². The number of aryl methyl sites for hydroxylation is 1. The second kappa shape index (κ2) is 6.49. The van der Waals surface area contributed by atoms with Crippen LogP contribution in [0.25, 0.3) is 0 Å². The Morgan fingerprint density at radius 3 is 2.43 bits per heavy atom. The predicted octanol–water partition coefficient (Wildman–Crippen LogP) is 3.49. The molecule has 0 unspecified atom stereocenters. The molecule has 1 aromatic carbocycles. The zero-order valence-corrected chi connectivity index (χ0v) is 12.0. The minimum Gasteiger partial charge on any atom is -0.330 e. The first-order valence-corrected chi connectivity index (χ1v) is 6.86. The van der Waals surface area contributed by atoms with Crippen LogP contribution < -0.4 is 5.73 Å². The molecule has 21 heavy (non-hydrogen) atoms. The summed E-state index contributed by atoms with van der Waals surface area (Å²) in [5, 5.41) is 4.66. The van der Waals surface area contributed by atoms with Crippen LogP contribution in [0.1, 0.15) is 23.1 Å². The number of alkyl halides is 3. The Kier molecular flexibility index (Phi) is 4.90. The van der Waals surface area contributed by atoms with E-state index in [1.165, 1.54) is 12.1 Å². The van der Waals surface area contributed by atoms with Crippen molar-refractivity contribution in [1.82, 2.24) is 9.78 Å². The molecule has 0 spiro atoms. The van der Waals surface area contributed by atoms with E-state index < -0.39 is 11.7 Å². The molecule has 0 aliphatic carbocycles. The van der Waals surface area contributed by atoms with Crippen LogP contribution in [0.3, 0.4) is 0 Å². The van der Waals surface area contributed by atoms with Crippen LogP contribution in [-0.4, -0.2) is 16.3 Å². The van der Waals surface area contributed by atoms with E-state index >= 15 is 0 Å². The van der Waals surface area contributed by atoms with E-state index in [1.54, 1.807) is 10.9 Å². The average Bonchev–Trinajstić information content (AvgIpc) is 2.77. The van der Waals surface area contributed by atoms with Gasteiger partial charge in [-0.05, 0) is 37.1 Å². The van der Waals surface area contributed by atoms with Crippen LogP contribution >= 0.6 is 11.6 Å². The van der Waals surface area contributed by atoms with Gasteiger partial charge < -0.3 is 5.73 Å². The third-order valence-electron chi connectivity index (χ3n) is 3.11. The number of benzene rings is 1. The molecular weight excluding hydrogens is 303 g/mol. The molecule has 2 aromatic rings. The van der Waals surface area contributed by atoms with Crippen molar-refractivity contribution in [1.29, 1.82) is 0 Å².